The summed E-state index contributed by atoms with van der Waals surface area (Å²) < 4.78 is 0. The summed E-state index contributed by atoms with van der Waals surface area (Å²) in [6, 6.07) is 6.88. The van der Waals surface area contributed by atoms with Crippen molar-refractivity contribution in [2.24, 2.45) is 0 Å². The predicted octanol–water partition coefficient (Wildman–Crippen LogP) is 4.29. The van der Waals surface area contributed by atoms with E-state index in [0.717, 1.165) is 32.1 Å². The van der Waals surface area contributed by atoms with Crippen LogP contribution in [0.1, 0.15) is 79.0 Å². The molecular weight excluding hydrogens is 408 g/mol. The number of benzene rings is 1. The van der Waals surface area contributed by atoms with E-state index < -0.39 is 22.9 Å². The van der Waals surface area contributed by atoms with Crippen LogP contribution in [0.15, 0.2) is 35.4 Å². The number of carbonyl (C=O) groups excluding carboxylic acids is 2. The molecule has 0 aliphatic heterocycles. The Labute approximate surface area is 179 Å². The number of hydrogen-bond donors (Lipinski definition) is 0. The number of fused-ring (bicyclic) bond motifs is 1. The molecule has 0 spiro atoms. The molecule has 168 valence electrons. The predicted molar refractivity (Wildman–Crippen MR) is 110 cm³/mol. The molecule has 1 aromatic rings. The average molecular weight is 434 g/mol. The van der Waals surface area contributed by atoms with Crippen LogP contribution in [0.25, 0.3) is 0 Å². The molecule has 1 unspecified atom stereocenters. The van der Waals surface area contributed by atoms with E-state index in [9.17, 15) is 29.8 Å². The summed E-state index contributed by atoms with van der Waals surface area (Å²) in [7, 11) is 0. The topological polar surface area (TPSA) is 139 Å². The minimum absolute atomic E-state index is 0.0681. The van der Waals surface area contributed by atoms with Crippen LogP contribution >= 0.6 is 0 Å². The van der Waals surface area contributed by atoms with Crippen LogP contribution in [0.3, 0.4) is 0 Å². The van der Waals surface area contributed by atoms with E-state index >= 15 is 0 Å². The van der Waals surface area contributed by atoms with Gasteiger partial charge in [0.05, 0.1) is 0 Å². The number of carbonyl (C=O) groups is 2. The van der Waals surface area contributed by atoms with E-state index in [-0.39, 0.29) is 18.0 Å². The first-order chi connectivity index (χ1) is 14.8. The number of rotatable bonds is 14. The molecule has 31 heavy (non-hydrogen) atoms. The van der Waals surface area contributed by atoms with Crippen molar-refractivity contribution in [3.05, 3.63) is 66.8 Å². The van der Waals surface area contributed by atoms with Gasteiger partial charge in [-0.3, -0.25) is 9.59 Å². The SMILES string of the molecule is CC1=C(CCCCCCCCC(CO[N+](=O)[O-])O[N+](=O)[O-])C(=O)c2ccccc2C1=O. The van der Waals surface area contributed by atoms with Crippen molar-refractivity contribution in [3.8, 4) is 0 Å². The molecule has 0 heterocycles. The Hall–Kier alpha value is -3.30. The molecule has 1 aliphatic rings. The Balaban J connectivity index is 1.67. The van der Waals surface area contributed by atoms with Gasteiger partial charge in [0.1, 0.15) is 12.7 Å². The van der Waals surface area contributed by atoms with E-state index in [1.165, 1.54) is 0 Å². The van der Waals surface area contributed by atoms with Gasteiger partial charge < -0.3 is 9.68 Å². The highest BCUT2D eigenvalue weighted by atomic mass is 17.0. The van der Waals surface area contributed by atoms with Crippen molar-refractivity contribution >= 4 is 11.6 Å². The van der Waals surface area contributed by atoms with E-state index in [4.69, 9.17) is 0 Å². The maximum Gasteiger partial charge on any atom is 0.294 e. The van der Waals surface area contributed by atoms with Gasteiger partial charge in [0.25, 0.3) is 10.2 Å². The number of ketones is 2. The van der Waals surface area contributed by atoms with Gasteiger partial charge in [-0.15, -0.1) is 20.2 Å². The molecule has 0 aromatic heterocycles. The third kappa shape index (κ3) is 7.16. The highest BCUT2D eigenvalue weighted by Gasteiger charge is 2.28. The van der Waals surface area contributed by atoms with Gasteiger partial charge in [0.2, 0.25) is 0 Å². The quantitative estimate of drug-likeness (QED) is 0.240. The van der Waals surface area contributed by atoms with Crippen LogP contribution in [0.5, 0.6) is 0 Å². The Morgan fingerprint density at radius 1 is 0.871 bits per heavy atom. The van der Waals surface area contributed by atoms with E-state index in [2.05, 4.69) is 9.68 Å². The van der Waals surface area contributed by atoms with Gasteiger partial charge in [-0.05, 0) is 26.2 Å². The number of allylic oxidation sites excluding steroid dienone is 2. The maximum absolute atomic E-state index is 12.7. The summed E-state index contributed by atoms with van der Waals surface area (Å²) in [4.78, 5) is 54.4. The lowest BCUT2D eigenvalue weighted by molar-refractivity contribution is -0.790. The molecule has 0 saturated carbocycles. The lowest BCUT2D eigenvalue weighted by atomic mass is 9.82. The molecule has 0 amide bonds. The van der Waals surface area contributed by atoms with Crippen molar-refractivity contribution in [2.75, 3.05) is 6.61 Å². The second kappa shape index (κ2) is 11.8. The molecule has 1 aliphatic carbocycles. The van der Waals surface area contributed by atoms with Crippen molar-refractivity contribution in [2.45, 2.75) is 64.4 Å². The van der Waals surface area contributed by atoms with Crippen LogP contribution in [0, 0.1) is 20.2 Å². The second-order valence-corrected chi connectivity index (χ2v) is 7.44. The Kier molecular flexibility index (Phi) is 9.11. The van der Waals surface area contributed by atoms with Crippen LogP contribution in [-0.4, -0.2) is 34.5 Å². The Morgan fingerprint density at radius 3 is 2.06 bits per heavy atom. The number of hydrogen-bond acceptors (Lipinski definition) is 8. The fraction of sp³-hybridized carbons (Fsp3) is 0.524. The molecule has 0 N–H and O–H groups in total. The van der Waals surface area contributed by atoms with Crippen molar-refractivity contribution < 1.29 is 29.4 Å². The van der Waals surface area contributed by atoms with E-state index in [1.54, 1.807) is 31.2 Å². The van der Waals surface area contributed by atoms with E-state index in [1.807, 2.05) is 0 Å². The van der Waals surface area contributed by atoms with Crippen LogP contribution < -0.4 is 0 Å². The van der Waals surface area contributed by atoms with Gasteiger partial charge in [-0.25, -0.2) is 0 Å². The van der Waals surface area contributed by atoms with Gasteiger partial charge in [-0.2, -0.15) is 0 Å². The number of unbranched alkanes of at least 4 members (excludes halogenated alkanes) is 5. The first kappa shape index (κ1) is 24.0. The first-order valence-electron chi connectivity index (χ1n) is 10.3. The van der Waals surface area contributed by atoms with Crippen LogP contribution in [0.4, 0.5) is 0 Å². The third-order valence-electron chi connectivity index (χ3n) is 5.29. The third-order valence-corrected chi connectivity index (χ3v) is 5.29. The largest absolute Gasteiger partial charge is 0.312 e. The normalized spacial score (nSPS) is 14.2. The molecule has 0 fully saturated rings. The highest BCUT2D eigenvalue weighted by molar-refractivity contribution is 6.26. The van der Waals surface area contributed by atoms with Crippen molar-refractivity contribution in [3.63, 3.8) is 0 Å². The zero-order chi connectivity index (χ0) is 22.8. The monoisotopic (exact) mass is 434 g/mol. The van der Waals surface area contributed by atoms with Crippen LogP contribution in [0.2, 0.25) is 0 Å². The molecule has 10 nitrogen and oxygen atoms in total. The summed E-state index contributed by atoms with van der Waals surface area (Å²) in [6.45, 7) is 1.23. The molecule has 1 aromatic carbocycles. The average Bonchev–Trinajstić information content (AvgIpc) is 2.73. The highest BCUT2D eigenvalue weighted by Crippen LogP contribution is 2.29. The lowest BCUT2D eigenvalue weighted by Gasteiger charge is -2.18. The zero-order valence-corrected chi connectivity index (χ0v) is 17.4. The minimum atomic E-state index is -1.00. The second-order valence-electron chi connectivity index (χ2n) is 7.44. The number of Topliss-reactive ketones (excluding diaryl/α,β-unsaturated/α-hetero) is 2. The summed E-state index contributed by atoms with van der Waals surface area (Å²) >= 11 is 0. The maximum atomic E-state index is 12.7. The van der Waals surface area contributed by atoms with Gasteiger partial charge in [0.15, 0.2) is 11.6 Å². The molecule has 0 bridgehead atoms. The van der Waals surface area contributed by atoms with E-state index in [0.29, 0.717) is 35.1 Å². The molecule has 2 rings (SSSR count). The summed E-state index contributed by atoms with van der Waals surface area (Å²) in [6.07, 6.45) is 4.77. The van der Waals surface area contributed by atoms with Gasteiger partial charge >= 0.3 is 0 Å². The van der Waals surface area contributed by atoms with Crippen molar-refractivity contribution in [1.29, 1.82) is 0 Å². The van der Waals surface area contributed by atoms with Crippen LogP contribution in [-0.2, 0) is 9.68 Å². The van der Waals surface area contributed by atoms with Gasteiger partial charge in [0, 0.05) is 22.3 Å². The lowest BCUT2D eigenvalue weighted by Crippen LogP contribution is -2.24. The molecule has 0 radical (unpaired) electrons. The Morgan fingerprint density at radius 2 is 1.45 bits per heavy atom. The zero-order valence-electron chi connectivity index (χ0n) is 17.4. The standard InChI is InChI=1S/C21H26N2O8/c1-15-17(21(25)19-13-9-8-12-18(19)20(15)24)11-7-5-3-2-4-6-10-16(31-23(28)29)14-30-22(26)27/h8-9,12-13,16H,2-7,10-11,14H2,1H3. The fourth-order valence-corrected chi connectivity index (χ4v) is 3.67. The minimum Gasteiger partial charge on any atom is -0.312 e. The fourth-order valence-electron chi connectivity index (χ4n) is 3.67. The molecule has 0 saturated heterocycles. The summed E-state index contributed by atoms with van der Waals surface area (Å²) in [5.41, 5.74) is 2.06. The molecule has 10 heteroatoms. The summed E-state index contributed by atoms with van der Waals surface area (Å²) in [5, 5.41) is 18.7. The first-order valence-corrected chi connectivity index (χ1v) is 10.3. The molecular formula is C21H26N2O8. The number of nitrogens with zero attached hydrogens (tertiary/aromatic N) is 2. The Bertz CT molecular complexity index is 865. The molecule has 1 atom stereocenters. The van der Waals surface area contributed by atoms with Gasteiger partial charge in [-0.1, -0.05) is 56.4 Å². The van der Waals surface area contributed by atoms with Crippen molar-refractivity contribution in [1.82, 2.24) is 0 Å². The smallest absolute Gasteiger partial charge is 0.294 e. The summed E-state index contributed by atoms with van der Waals surface area (Å²) in [5.74, 6) is -0.153.